The first-order chi connectivity index (χ1) is 19.0. The van der Waals surface area contributed by atoms with Crippen LogP contribution in [0.15, 0.2) is 89.5 Å². The summed E-state index contributed by atoms with van der Waals surface area (Å²) in [6, 6.07) is 25.0. The predicted octanol–water partition coefficient (Wildman–Crippen LogP) is 5.16. The van der Waals surface area contributed by atoms with Crippen molar-refractivity contribution in [2.24, 2.45) is 5.73 Å². The molecule has 0 spiro atoms. The van der Waals surface area contributed by atoms with Crippen LogP contribution in [-0.4, -0.2) is 27.8 Å². The molecule has 0 radical (unpaired) electrons. The summed E-state index contributed by atoms with van der Waals surface area (Å²) in [5.74, 6) is 1.89. The third kappa shape index (κ3) is 6.10. The Morgan fingerprint density at radius 2 is 1.67 bits per heavy atom. The second kappa shape index (κ2) is 11.6. The molecule has 9 nitrogen and oxygen atoms in total. The normalized spacial score (nSPS) is 10.8. The Morgan fingerprint density at radius 1 is 0.923 bits per heavy atom. The van der Waals surface area contributed by atoms with E-state index in [-0.39, 0.29) is 24.7 Å². The molecule has 2 N–H and O–H groups in total. The molecule has 0 aliphatic rings. The van der Waals surface area contributed by atoms with Crippen LogP contribution in [0.25, 0.3) is 11.5 Å². The molecule has 0 aliphatic carbocycles. The average Bonchev–Trinajstić information content (AvgIpc) is 3.55. The summed E-state index contributed by atoms with van der Waals surface area (Å²) >= 11 is 0. The highest BCUT2D eigenvalue weighted by molar-refractivity contribution is 5.94. The molecule has 3 aromatic carbocycles. The van der Waals surface area contributed by atoms with Gasteiger partial charge in [-0.05, 0) is 42.3 Å². The Hall–Kier alpha value is -5.05. The van der Waals surface area contributed by atoms with Gasteiger partial charge in [0.2, 0.25) is 11.8 Å². The highest BCUT2D eigenvalue weighted by Crippen LogP contribution is 2.30. The van der Waals surface area contributed by atoms with Crippen LogP contribution in [0.1, 0.15) is 32.9 Å². The Balaban J connectivity index is 1.25. The molecule has 0 atom stereocenters. The molecular weight excluding hydrogens is 496 g/mol. The van der Waals surface area contributed by atoms with Gasteiger partial charge < -0.3 is 24.4 Å². The molecule has 2 heterocycles. The standard InChI is InChI=1S/C30H28N4O5/c1-20-25(32-29(39-20)23-11-7-4-8-12-23)19-37-26-14-13-22(15-27(26)36-2)18-38-30-24(28(31)35)17-34(33-30)16-21-9-5-3-6-10-21/h3-15,17H,16,18-19H2,1-2H3,(H2,31,35). The van der Waals surface area contributed by atoms with Gasteiger partial charge in [-0.15, -0.1) is 5.10 Å². The van der Waals surface area contributed by atoms with E-state index in [4.69, 9.17) is 24.4 Å². The number of carbonyl (C=O) groups excluding carboxylic acids is 1. The van der Waals surface area contributed by atoms with Gasteiger partial charge in [0, 0.05) is 11.8 Å². The van der Waals surface area contributed by atoms with Gasteiger partial charge in [0.1, 0.15) is 30.2 Å². The lowest BCUT2D eigenvalue weighted by Crippen LogP contribution is -2.12. The molecule has 1 amide bonds. The topological polar surface area (TPSA) is 115 Å². The Morgan fingerprint density at radius 3 is 2.38 bits per heavy atom. The predicted molar refractivity (Wildman–Crippen MR) is 145 cm³/mol. The first-order valence-electron chi connectivity index (χ1n) is 12.4. The fourth-order valence-electron chi connectivity index (χ4n) is 4.02. The van der Waals surface area contributed by atoms with Crippen LogP contribution in [0.2, 0.25) is 0 Å². The fraction of sp³-hybridized carbons (Fsp3) is 0.167. The molecule has 9 heteroatoms. The summed E-state index contributed by atoms with van der Waals surface area (Å²) in [7, 11) is 1.57. The highest BCUT2D eigenvalue weighted by atomic mass is 16.5. The summed E-state index contributed by atoms with van der Waals surface area (Å²) in [5, 5.41) is 4.42. The van der Waals surface area contributed by atoms with Gasteiger partial charge in [0.25, 0.3) is 5.91 Å². The number of aryl methyl sites for hydroxylation is 1. The second-order valence-corrected chi connectivity index (χ2v) is 8.85. The number of primary amides is 1. The van der Waals surface area contributed by atoms with Crippen LogP contribution in [0.4, 0.5) is 0 Å². The van der Waals surface area contributed by atoms with E-state index in [0.717, 1.165) is 16.7 Å². The van der Waals surface area contributed by atoms with Crippen LogP contribution in [-0.2, 0) is 19.8 Å². The van der Waals surface area contributed by atoms with Crippen LogP contribution in [0, 0.1) is 6.92 Å². The van der Waals surface area contributed by atoms with E-state index in [1.807, 2.05) is 79.7 Å². The van der Waals surface area contributed by atoms with Gasteiger partial charge in [-0.25, -0.2) is 4.98 Å². The number of amides is 1. The number of rotatable bonds is 11. The monoisotopic (exact) mass is 524 g/mol. The maximum Gasteiger partial charge on any atom is 0.255 e. The molecule has 2 aromatic heterocycles. The SMILES string of the molecule is COc1cc(COc2nn(Cc3ccccc3)cc2C(N)=O)ccc1OCc1nc(-c2ccccc2)oc1C. The van der Waals surface area contributed by atoms with E-state index in [2.05, 4.69) is 10.1 Å². The lowest BCUT2D eigenvalue weighted by atomic mass is 10.2. The maximum atomic E-state index is 12.0. The Labute approximate surface area is 225 Å². The average molecular weight is 525 g/mol. The van der Waals surface area contributed by atoms with Crippen molar-refractivity contribution in [3.8, 4) is 28.8 Å². The third-order valence-corrected chi connectivity index (χ3v) is 6.06. The molecular formula is C30H28N4O5. The molecule has 0 unspecified atom stereocenters. The van der Waals surface area contributed by atoms with E-state index in [9.17, 15) is 4.79 Å². The van der Waals surface area contributed by atoms with E-state index in [1.165, 1.54) is 0 Å². The number of hydrogen-bond donors (Lipinski definition) is 1. The van der Waals surface area contributed by atoms with Crippen molar-refractivity contribution in [3.05, 3.63) is 113 Å². The number of oxazole rings is 1. The number of benzene rings is 3. The van der Waals surface area contributed by atoms with Crippen molar-refractivity contribution in [1.82, 2.24) is 14.8 Å². The smallest absolute Gasteiger partial charge is 0.255 e. The minimum atomic E-state index is -0.607. The Bertz CT molecular complexity index is 1560. The molecule has 0 fully saturated rings. The van der Waals surface area contributed by atoms with Crippen LogP contribution >= 0.6 is 0 Å². The number of hydrogen-bond acceptors (Lipinski definition) is 7. The third-order valence-electron chi connectivity index (χ3n) is 6.06. The fourth-order valence-corrected chi connectivity index (χ4v) is 4.02. The minimum absolute atomic E-state index is 0.155. The van der Waals surface area contributed by atoms with Crippen LogP contribution < -0.4 is 19.9 Å². The van der Waals surface area contributed by atoms with Crippen LogP contribution in [0.5, 0.6) is 17.4 Å². The van der Waals surface area contributed by atoms with Gasteiger partial charge in [0.05, 0.1) is 13.7 Å². The number of methoxy groups -OCH3 is 1. The zero-order valence-corrected chi connectivity index (χ0v) is 21.7. The number of nitrogens with zero attached hydrogens (tertiary/aromatic N) is 3. The molecule has 5 aromatic rings. The molecule has 39 heavy (non-hydrogen) atoms. The van der Waals surface area contributed by atoms with Crippen molar-refractivity contribution in [1.29, 1.82) is 0 Å². The molecule has 0 saturated carbocycles. The lowest BCUT2D eigenvalue weighted by Gasteiger charge is -2.12. The lowest BCUT2D eigenvalue weighted by molar-refractivity contribution is 0.0995. The van der Waals surface area contributed by atoms with Gasteiger partial charge in [0.15, 0.2) is 11.5 Å². The number of carbonyl (C=O) groups is 1. The summed E-state index contributed by atoms with van der Waals surface area (Å²) in [4.78, 5) is 16.6. The largest absolute Gasteiger partial charge is 0.493 e. The molecule has 5 rings (SSSR count). The van der Waals surface area contributed by atoms with E-state index in [0.29, 0.717) is 35.4 Å². The quantitative estimate of drug-likeness (QED) is 0.254. The van der Waals surface area contributed by atoms with E-state index < -0.39 is 5.91 Å². The maximum absolute atomic E-state index is 12.0. The number of aromatic nitrogens is 3. The van der Waals surface area contributed by atoms with Crippen molar-refractivity contribution in [2.45, 2.75) is 26.7 Å². The molecule has 0 bridgehead atoms. The van der Waals surface area contributed by atoms with Crippen molar-refractivity contribution in [2.75, 3.05) is 7.11 Å². The van der Waals surface area contributed by atoms with Gasteiger partial charge in [-0.3, -0.25) is 9.48 Å². The minimum Gasteiger partial charge on any atom is -0.493 e. The molecule has 0 aliphatic heterocycles. The first kappa shape index (κ1) is 25.6. The van der Waals surface area contributed by atoms with Gasteiger partial charge in [-0.2, -0.15) is 0 Å². The van der Waals surface area contributed by atoms with Crippen LogP contribution in [0.3, 0.4) is 0 Å². The van der Waals surface area contributed by atoms with E-state index in [1.54, 1.807) is 24.1 Å². The zero-order chi connectivity index (χ0) is 27.2. The first-order valence-corrected chi connectivity index (χ1v) is 12.4. The number of ether oxygens (including phenoxy) is 3. The summed E-state index contributed by atoms with van der Waals surface area (Å²) in [6.45, 7) is 2.72. The van der Waals surface area contributed by atoms with Gasteiger partial charge in [-0.1, -0.05) is 54.6 Å². The molecule has 0 saturated heterocycles. The highest BCUT2D eigenvalue weighted by Gasteiger charge is 2.17. The van der Waals surface area contributed by atoms with Crippen molar-refractivity contribution in [3.63, 3.8) is 0 Å². The second-order valence-electron chi connectivity index (χ2n) is 8.85. The van der Waals surface area contributed by atoms with Crippen molar-refractivity contribution >= 4 is 5.91 Å². The Kier molecular flexibility index (Phi) is 7.58. The summed E-state index contributed by atoms with van der Waals surface area (Å²) in [6.07, 6.45) is 1.59. The summed E-state index contributed by atoms with van der Waals surface area (Å²) < 4.78 is 24.9. The number of nitrogens with two attached hydrogens (primary N) is 1. The summed E-state index contributed by atoms with van der Waals surface area (Å²) in [5.41, 5.74) is 9.23. The van der Waals surface area contributed by atoms with E-state index >= 15 is 0 Å². The van der Waals surface area contributed by atoms with Crippen molar-refractivity contribution < 1.29 is 23.4 Å². The zero-order valence-electron chi connectivity index (χ0n) is 21.7. The van der Waals surface area contributed by atoms with Gasteiger partial charge >= 0.3 is 0 Å². The molecule has 198 valence electrons.